The molecule has 0 aliphatic carbocycles. The van der Waals surface area contributed by atoms with Gasteiger partial charge in [0, 0.05) is 13.6 Å². The van der Waals surface area contributed by atoms with Crippen molar-refractivity contribution >= 4 is 18.0 Å². The van der Waals surface area contributed by atoms with Crippen LogP contribution in [-0.2, 0) is 9.59 Å². The van der Waals surface area contributed by atoms with Crippen LogP contribution in [0.25, 0.3) is 0 Å². The average molecular weight is 230 g/mol. The Morgan fingerprint density at radius 2 is 2.00 bits per heavy atom. The minimum absolute atomic E-state index is 0.241. The fourth-order valence-electron chi connectivity index (χ4n) is 0.911. The molecule has 2 amide bonds. The zero-order chi connectivity index (χ0) is 12.7. The Morgan fingerprint density at radius 3 is 2.38 bits per heavy atom. The van der Waals surface area contributed by atoms with E-state index in [1.807, 2.05) is 0 Å². The maximum Gasteiger partial charge on any atom is 0.326 e. The van der Waals surface area contributed by atoms with Crippen LogP contribution in [0.3, 0.4) is 0 Å². The fourth-order valence-corrected chi connectivity index (χ4v) is 0.911. The third-order valence-electron chi connectivity index (χ3n) is 1.72. The van der Waals surface area contributed by atoms with Crippen molar-refractivity contribution in [1.29, 1.82) is 0 Å². The quantitative estimate of drug-likeness (QED) is 0.545. The molecule has 0 aromatic carbocycles. The van der Waals surface area contributed by atoms with Gasteiger partial charge in [0.1, 0.15) is 6.04 Å². The average Bonchev–Trinajstić information content (AvgIpc) is 2.16. The molecule has 0 aromatic rings. The first-order valence-electron chi connectivity index (χ1n) is 4.45. The number of nitrogens with one attached hydrogen (secondary N) is 1. The molecule has 0 fully saturated rings. The first-order chi connectivity index (χ1) is 7.38. The Hall–Kier alpha value is -2.05. The van der Waals surface area contributed by atoms with E-state index >= 15 is 0 Å². The van der Waals surface area contributed by atoms with E-state index in [0.29, 0.717) is 0 Å². The Balaban J connectivity index is 4.39. The number of rotatable bonds is 6. The van der Waals surface area contributed by atoms with Crippen molar-refractivity contribution in [2.75, 3.05) is 13.6 Å². The second-order valence-electron chi connectivity index (χ2n) is 3.11. The van der Waals surface area contributed by atoms with E-state index in [1.54, 1.807) is 0 Å². The molecule has 7 heteroatoms. The number of amides is 2. The van der Waals surface area contributed by atoms with Crippen LogP contribution in [0, 0.1) is 0 Å². The van der Waals surface area contributed by atoms with Crippen molar-refractivity contribution < 1.29 is 24.6 Å². The number of hydrogen-bond donors (Lipinski definition) is 3. The van der Waals surface area contributed by atoms with Crippen LogP contribution in [-0.4, -0.2) is 52.7 Å². The minimum atomic E-state index is -1.43. The van der Waals surface area contributed by atoms with Crippen LogP contribution >= 0.6 is 0 Å². The predicted octanol–water partition coefficient (Wildman–Crippen LogP) is -0.258. The largest absolute Gasteiger partial charge is 0.481 e. The zero-order valence-electron chi connectivity index (χ0n) is 8.84. The summed E-state index contributed by atoms with van der Waals surface area (Å²) in [7, 11) is 1.44. The molecule has 0 heterocycles. The molecule has 1 unspecified atom stereocenters. The van der Waals surface area contributed by atoms with E-state index in [9.17, 15) is 14.4 Å². The third-order valence-corrected chi connectivity index (χ3v) is 1.72. The molecule has 0 radical (unpaired) electrons. The van der Waals surface area contributed by atoms with Gasteiger partial charge in [0.25, 0.3) is 0 Å². The molecule has 0 spiro atoms. The highest BCUT2D eigenvalue weighted by molar-refractivity contribution is 5.86. The molecular weight excluding hydrogens is 216 g/mol. The van der Waals surface area contributed by atoms with Gasteiger partial charge in [-0.2, -0.15) is 0 Å². The van der Waals surface area contributed by atoms with Crippen molar-refractivity contribution in [3.8, 4) is 0 Å². The van der Waals surface area contributed by atoms with Crippen LogP contribution in [0.5, 0.6) is 0 Å². The molecule has 16 heavy (non-hydrogen) atoms. The number of carboxylic acid groups (broad SMARTS) is 2. The highest BCUT2D eigenvalue weighted by Gasteiger charge is 2.23. The molecule has 0 bridgehead atoms. The van der Waals surface area contributed by atoms with Gasteiger partial charge in [0.15, 0.2) is 0 Å². The second kappa shape index (κ2) is 6.44. The Labute approximate surface area is 92.4 Å². The molecule has 3 N–H and O–H groups in total. The van der Waals surface area contributed by atoms with Gasteiger partial charge in [-0.3, -0.25) is 4.79 Å². The summed E-state index contributed by atoms with van der Waals surface area (Å²) in [6.45, 7) is 3.65. The number of nitrogens with zero attached hydrogens (tertiary/aromatic N) is 1. The van der Waals surface area contributed by atoms with Gasteiger partial charge in [0.2, 0.25) is 0 Å². The van der Waals surface area contributed by atoms with Crippen LogP contribution in [0.1, 0.15) is 6.42 Å². The van der Waals surface area contributed by atoms with Gasteiger partial charge in [-0.15, -0.1) is 6.58 Å². The summed E-state index contributed by atoms with van der Waals surface area (Å²) in [5, 5.41) is 19.2. The van der Waals surface area contributed by atoms with Crippen LogP contribution < -0.4 is 5.32 Å². The lowest BCUT2D eigenvalue weighted by molar-refractivity contribution is -0.145. The number of aliphatic carboxylic acids is 2. The van der Waals surface area contributed by atoms with Crippen LogP contribution in [0.4, 0.5) is 4.79 Å². The summed E-state index contributed by atoms with van der Waals surface area (Å²) in [6.07, 6.45) is 0.801. The summed E-state index contributed by atoms with van der Waals surface area (Å²) in [5.74, 6) is -2.68. The molecule has 0 aliphatic heterocycles. The van der Waals surface area contributed by atoms with E-state index in [2.05, 4.69) is 11.9 Å². The van der Waals surface area contributed by atoms with Gasteiger partial charge >= 0.3 is 18.0 Å². The Kier molecular flexibility index (Phi) is 5.61. The molecule has 90 valence electrons. The topological polar surface area (TPSA) is 107 Å². The molecule has 0 aromatic heterocycles. The number of carboxylic acids is 2. The maximum atomic E-state index is 11.3. The summed E-state index contributed by atoms with van der Waals surface area (Å²) in [5.41, 5.74) is 0. The lowest BCUT2D eigenvalue weighted by atomic mass is 10.2. The zero-order valence-corrected chi connectivity index (χ0v) is 8.84. The number of hydrogen-bond acceptors (Lipinski definition) is 3. The Morgan fingerprint density at radius 1 is 1.44 bits per heavy atom. The van der Waals surface area contributed by atoms with E-state index < -0.39 is 30.4 Å². The van der Waals surface area contributed by atoms with Crippen LogP contribution in [0.2, 0.25) is 0 Å². The molecule has 0 aliphatic rings. The van der Waals surface area contributed by atoms with Gasteiger partial charge in [0.05, 0.1) is 6.42 Å². The van der Waals surface area contributed by atoms with Crippen molar-refractivity contribution in [1.82, 2.24) is 10.2 Å². The van der Waals surface area contributed by atoms with E-state index in [-0.39, 0.29) is 6.54 Å². The summed E-state index contributed by atoms with van der Waals surface area (Å²) in [6, 6.07) is -2.09. The summed E-state index contributed by atoms with van der Waals surface area (Å²) < 4.78 is 0. The molecule has 1 atom stereocenters. The first-order valence-corrected chi connectivity index (χ1v) is 4.45. The number of carbonyl (C=O) groups excluding carboxylic acids is 1. The molecule has 0 saturated heterocycles. The van der Waals surface area contributed by atoms with Gasteiger partial charge < -0.3 is 20.4 Å². The fraction of sp³-hybridized carbons (Fsp3) is 0.444. The summed E-state index contributed by atoms with van der Waals surface area (Å²) >= 11 is 0. The van der Waals surface area contributed by atoms with Gasteiger partial charge in [-0.25, -0.2) is 9.59 Å². The first kappa shape index (κ1) is 13.9. The molecular formula is C9H14N2O5. The molecule has 0 rings (SSSR count). The highest BCUT2D eigenvalue weighted by atomic mass is 16.4. The predicted molar refractivity (Wildman–Crippen MR) is 55.0 cm³/mol. The minimum Gasteiger partial charge on any atom is -0.481 e. The lowest BCUT2D eigenvalue weighted by Crippen LogP contribution is -2.47. The van der Waals surface area contributed by atoms with Crippen molar-refractivity contribution in [2.24, 2.45) is 0 Å². The maximum absolute atomic E-state index is 11.3. The van der Waals surface area contributed by atoms with Crippen molar-refractivity contribution in [3.63, 3.8) is 0 Å². The van der Waals surface area contributed by atoms with E-state index in [0.717, 1.165) is 0 Å². The third kappa shape index (κ3) is 4.99. The monoisotopic (exact) mass is 230 g/mol. The van der Waals surface area contributed by atoms with Crippen LogP contribution in [0.15, 0.2) is 12.7 Å². The standard InChI is InChI=1S/C9H14N2O5/c1-3-4-11(2)9(16)10-6(8(14)15)5-7(12)13/h3,6H,1,4-5H2,2H3,(H,10,16)(H,12,13)(H,14,15). The molecule has 7 nitrogen and oxygen atoms in total. The summed E-state index contributed by atoms with van der Waals surface area (Å²) in [4.78, 5) is 33.5. The molecule has 0 saturated carbocycles. The van der Waals surface area contributed by atoms with Gasteiger partial charge in [-0.05, 0) is 0 Å². The Bertz CT molecular complexity index is 302. The second-order valence-corrected chi connectivity index (χ2v) is 3.11. The smallest absolute Gasteiger partial charge is 0.326 e. The normalized spacial score (nSPS) is 11.3. The van der Waals surface area contributed by atoms with Gasteiger partial charge in [-0.1, -0.05) is 6.08 Å². The van der Waals surface area contributed by atoms with Crippen molar-refractivity contribution in [2.45, 2.75) is 12.5 Å². The van der Waals surface area contributed by atoms with E-state index in [1.165, 1.54) is 18.0 Å². The number of likely N-dealkylation sites (N-methyl/N-ethyl adjacent to an activating group) is 1. The lowest BCUT2D eigenvalue weighted by Gasteiger charge is -2.19. The number of carbonyl (C=O) groups is 3. The SMILES string of the molecule is C=CCN(C)C(=O)NC(CC(=O)O)C(=O)O. The van der Waals surface area contributed by atoms with E-state index in [4.69, 9.17) is 10.2 Å². The van der Waals surface area contributed by atoms with Crippen molar-refractivity contribution in [3.05, 3.63) is 12.7 Å². The number of urea groups is 1. The highest BCUT2D eigenvalue weighted by Crippen LogP contribution is 1.95.